The number of benzene rings is 2. The summed E-state index contributed by atoms with van der Waals surface area (Å²) in [7, 11) is 0. The van der Waals surface area contributed by atoms with Crippen molar-refractivity contribution in [3.8, 4) is 33.9 Å². The molecule has 188 valence electrons. The molecule has 3 N–H and O–H groups in total. The first-order valence-corrected chi connectivity index (χ1v) is 13.5. The van der Waals surface area contributed by atoms with Crippen molar-refractivity contribution >= 4 is 39.1 Å². The highest BCUT2D eigenvalue weighted by Crippen LogP contribution is 2.32. The fourth-order valence-corrected chi connectivity index (χ4v) is 5.41. The molecule has 7 nitrogen and oxygen atoms in total. The lowest BCUT2D eigenvalue weighted by molar-refractivity contribution is 1.10. The van der Waals surface area contributed by atoms with E-state index in [1.54, 1.807) is 17.5 Å². The lowest BCUT2D eigenvalue weighted by Crippen LogP contribution is -2.02. The van der Waals surface area contributed by atoms with Gasteiger partial charge in [0.05, 0.1) is 34.1 Å². The number of nitrogens with zero attached hydrogens (tertiary/aromatic N) is 4. The summed E-state index contributed by atoms with van der Waals surface area (Å²) >= 11 is 1.67. The summed E-state index contributed by atoms with van der Waals surface area (Å²) in [5, 5.41) is 15.3. The van der Waals surface area contributed by atoms with E-state index >= 15 is 0 Å². The van der Waals surface area contributed by atoms with Gasteiger partial charge in [0.15, 0.2) is 11.5 Å². The molecule has 0 aliphatic rings. The molecule has 0 amide bonds. The summed E-state index contributed by atoms with van der Waals surface area (Å²) in [6.45, 7) is 4.19. The molecule has 0 spiro atoms. The molecule has 7 aromatic rings. The quantitative estimate of drug-likeness (QED) is 0.201. The summed E-state index contributed by atoms with van der Waals surface area (Å²) in [5.74, 6) is 0.675. The number of hydrogen-bond acceptors (Lipinski definition) is 6. The Labute approximate surface area is 228 Å². The summed E-state index contributed by atoms with van der Waals surface area (Å²) in [6, 6.07) is 24.5. The Hall–Kier alpha value is -5.08. The Kier molecular flexibility index (Phi) is 5.71. The van der Waals surface area contributed by atoms with Crippen molar-refractivity contribution in [2.24, 2.45) is 0 Å². The van der Waals surface area contributed by atoms with Crippen molar-refractivity contribution in [2.45, 2.75) is 6.42 Å². The van der Waals surface area contributed by atoms with Crippen molar-refractivity contribution in [1.82, 2.24) is 30.1 Å². The van der Waals surface area contributed by atoms with Crippen LogP contribution in [0, 0.1) is 0 Å². The van der Waals surface area contributed by atoms with Gasteiger partial charge in [0, 0.05) is 29.4 Å². The number of allylic oxidation sites excluding steroid dienone is 1. The zero-order chi connectivity index (χ0) is 26.2. The van der Waals surface area contributed by atoms with Gasteiger partial charge in [-0.3, -0.25) is 10.1 Å². The summed E-state index contributed by atoms with van der Waals surface area (Å²) in [6.07, 6.45) is 4.34. The van der Waals surface area contributed by atoms with Gasteiger partial charge in [0.1, 0.15) is 5.52 Å². The number of thiophene rings is 1. The van der Waals surface area contributed by atoms with Gasteiger partial charge in [0.2, 0.25) is 0 Å². The number of nitrogens with one attached hydrogen (secondary N) is 3. The minimum Gasteiger partial charge on any atom is -0.358 e. The van der Waals surface area contributed by atoms with Crippen molar-refractivity contribution in [3.05, 3.63) is 114 Å². The number of fused-ring (bicyclic) bond motifs is 2. The van der Waals surface area contributed by atoms with Crippen LogP contribution in [-0.2, 0) is 6.42 Å². The van der Waals surface area contributed by atoms with Gasteiger partial charge in [-0.15, -0.1) is 0 Å². The smallest absolute Gasteiger partial charge is 0.161 e. The van der Waals surface area contributed by atoms with E-state index in [1.807, 2.05) is 54.7 Å². The molecule has 5 heterocycles. The molecule has 7 rings (SSSR count). The Morgan fingerprint density at radius 2 is 1.79 bits per heavy atom. The predicted octanol–water partition coefficient (Wildman–Crippen LogP) is 7.46. The van der Waals surface area contributed by atoms with Gasteiger partial charge >= 0.3 is 0 Å². The first kappa shape index (κ1) is 23.1. The third-order valence-electron chi connectivity index (χ3n) is 6.59. The Balaban J connectivity index is 1.21. The van der Waals surface area contributed by atoms with E-state index in [0.717, 1.165) is 62.3 Å². The number of para-hydroxylation sites is 1. The molecule has 39 heavy (non-hydrogen) atoms. The lowest BCUT2D eigenvalue weighted by Gasteiger charge is -2.11. The highest BCUT2D eigenvalue weighted by atomic mass is 32.1. The number of aromatic nitrogens is 6. The molecule has 0 aliphatic carbocycles. The molecule has 0 aliphatic heterocycles. The summed E-state index contributed by atoms with van der Waals surface area (Å²) in [5.41, 5.74) is 11.0. The summed E-state index contributed by atoms with van der Waals surface area (Å²) < 4.78 is 0. The van der Waals surface area contributed by atoms with E-state index in [-0.39, 0.29) is 0 Å². The molecule has 0 saturated carbocycles. The van der Waals surface area contributed by atoms with Crippen molar-refractivity contribution in [3.63, 3.8) is 0 Å². The summed E-state index contributed by atoms with van der Waals surface area (Å²) in [4.78, 5) is 17.8. The zero-order valence-corrected chi connectivity index (χ0v) is 21.7. The van der Waals surface area contributed by atoms with E-state index in [1.165, 1.54) is 5.56 Å². The monoisotopic (exact) mass is 525 g/mol. The lowest BCUT2D eigenvalue weighted by atomic mass is 10.1. The average Bonchev–Trinajstić information content (AvgIpc) is 3.73. The molecule has 0 fully saturated rings. The number of rotatable bonds is 7. The highest BCUT2D eigenvalue weighted by Gasteiger charge is 2.17. The topological polar surface area (TPSA) is 95.2 Å². The van der Waals surface area contributed by atoms with Gasteiger partial charge in [-0.25, -0.2) is 9.97 Å². The van der Waals surface area contributed by atoms with Crippen LogP contribution < -0.4 is 5.32 Å². The Bertz CT molecular complexity index is 1930. The molecule has 8 heteroatoms. The van der Waals surface area contributed by atoms with Gasteiger partial charge in [-0.1, -0.05) is 49.0 Å². The number of pyridine rings is 2. The van der Waals surface area contributed by atoms with Crippen LogP contribution in [0.5, 0.6) is 0 Å². The molecule has 0 atom stereocenters. The van der Waals surface area contributed by atoms with Gasteiger partial charge < -0.3 is 10.3 Å². The number of hydrogen-bond donors (Lipinski definition) is 3. The van der Waals surface area contributed by atoms with E-state index < -0.39 is 0 Å². The minimum absolute atomic E-state index is 0.675. The highest BCUT2D eigenvalue weighted by molar-refractivity contribution is 7.08. The first-order chi connectivity index (χ1) is 19.2. The number of aromatic amines is 2. The second-order valence-electron chi connectivity index (χ2n) is 9.32. The average molecular weight is 526 g/mol. The second-order valence-corrected chi connectivity index (χ2v) is 10.1. The van der Waals surface area contributed by atoms with Crippen LogP contribution in [-0.4, -0.2) is 30.1 Å². The second kappa shape index (κ2) is 9.66. The fraction of sp³-hybridized carbons (Fsp3) is 0.0323. The van der Waals surface area contributed by atoms with E-state index in [0.29, 0.717) is 11.5 Å². The maximum absolute atomic E-state index is 4.97. The molecule has 0 saturated heterocycles. The Morgan fingerprint density at radius 3 is 2.67 bits per heavy atom. The van der Waals surface area contributed by atoms with Gasteiger partial charge in [-0.05, 0) is 52.2 Å². The standard InChI is InChI=1S/C31H23N7S/c1-19(14-20-6-3-2-4-7-20)33-23-15-22(16-32-17-23)25-10-11-27-29(34-25)30(38-37-27)31-35-26-9-5-8-24(28(26)36-31)21-12-13-39-18-21/h2-13,15-18,33H,1,14H2,(H,35,36)(H,37,38). The fourth-order valence-electron chi connectivity index (χ4n) is 4.76. The maximum Gasteiger partial charge on any atom is 0.161 e. The van der Waals surface area contributed by atoms with Crippen molar-refractivity contribution in [2.75, 3.05) is 5.32 Å². The molecule has 0 radical (unpaired) electrons. The molecule has 2 aromatic carbocycles. The van der Waals surface area contributed by atoms with Crippen LogP contribution in [0.3, 0.4) is 0 Å². The first-order valence-electron chi connectivity index (χ1n) is 12.5. The molecule has 5 aromatic heterocycles. The van der Waals surface area contributed by atoms with Gasteiger partial charge in [-0.2, -0.15) is 16.4 Å². The molecule has 0 unspecified atom stereocenters. The van der Waals surface area contributed by atoms with E-state index in [4.69, 9.17) is 9.97 Å². The number of imidazole rings is 1. The zero-order valence-electron chi connectivity index (χ0n) is 20.8. The van der Waals surface area contributed by atoms with Crippen LogP contribution >= 0.6 is 11.3 Å². The van der Waals surface area contributed by atoms with Crippen LogP contribution in [0.2, 0.25) is 0 Å². The molecule has 0 bridgehead atoms. The number of H-pyrrole nitrogens is 2. The predicted molar refractivity (Wildman–Crippen MR) is 158 cm³/mol. The van der Waals surface area contributed by atoms with E-state index in [9.17, 15) is 0 Å². The van der Waals surface area contributed by atoms with E-state index in [2.05, 4.69) is 67.1 Å². The third kappa shape index (κ3) is 4.47. The number of anilines is 1. The normalized spacial score (nSPS) is 11.3. The van der Waals surface area contributed by atoms with Crippen molar-refractivity contribution < 1.29 is 0 Å². The van der Waals surface area contributed by atoms with Crippen LogP contribution in [0.15, 0.2) is 108 Å². The van der Waals surface area contributed by atoms with Crippen LogP contribution in [0.4, 0.5) is 5.69 Å². The van der Waals surface area contributed by atoms with Crippen LogP contribution in [0.25, 0.3) is 56.0 Å². The van der Waals surface area contributed by atoms with Gasteiger partial charge in [0.25, 0.3) is 0 Å². The van der Waals surface area contributed by atoms with Crippen LogP contribution in [0.1, 0.15) is 5.56 Å². The molecular formula is C31H23N7S. The third-order valence-corrected chi connectivity index (χ3v) is 7.28. The SMILES string of the molecule is C=C(Cc1ccccc1)Nc1cncc(-c2ccc3[nH]nc(-c4nc5c(-c6ccsc6)cccc5[nH]4)c3n2)c1. The van der Waals surface area contributed by atoms with Crippen molar-refractivity contribution in [1.29, 1.82) is 0 Å². The Morgan fingerprint density at radius 1 is 0.872 bits per heavy atom. The maximum atomic E-state index is 4.97. The largest absolute Gasteiger partial charge is 0.358 e. The molecular weight excluding hydrogens is 502 g/mol. The minimum atomic E-state index is 0.675.